The molecule has 2 aromatic heterocycles. The maximum absolute atomic E-state index is 12.8. The van der Waals surface area contributed by atoms with Crippen molar-refractivity contribution in [1.29, 1.82) is 0 Å². The average molecular weight is 476 g/mol. The number of carbonyl (C=O) groups excluding carboxylic acids is 1. The lowest BCUT2D eigenvalue weighted by molar-refractivity contribution is -0.192. The summed E-state index contributed by atoms with van der Waals surface area (Å²) in [7, 11) is 1.58. The summed E-state index contributed by atoms with van der Waals surface area (Å²) in [4.78, 5) is 30.5. The number of pyridine rings is 2. The van der Waals surface area contributed by atoms with Crippen LogP contribution in [0.4, 0.5) is 18.9 Å². The Balaban J connectivity index is 0.000000406. The first-order valence-corrected chi connectivity index (χ1v) is 10.3. The fourth-order valence-corrected chi connectivity index (χ4v) is 3.63. The van der Waals surface area contributed by atoms with Gasteiger partial charge in [0.2, 0.25) is 0 Å². The number of nitrogens with one attached hydrogen (secondary N) is 1. The molecule has 1 aliphatic carbocycles. The molecular formula is C23H23F3N4O4. The second-order valence-corrected chi connectivity index (χ2v) is 7.74. The molecule has 1 fully saturated rings. The van der Waals surface area contributed by atoms with Crippen molar-refractivity contribution in [3.05, 3.63) is 60.0 Å². The van der Waals surface area contributed by atoms with Crippen LogP contribution in [-0.4, -0.2) is 46.8 Å². The summed E-state index contributed by atoms with van der Waals surface area (Å²) >= 11 is 0. The molecule has 1 amide bonds. The maximum Gasteiger partial charge on any atom is 0.490 e. The molecular weight excluding hydrogens is 453 g/mol. The molecule has 0 unspecified atom stereocenters. The first-order valence-electron chi connectivity index (χ1n) is 10.3. The zero-order valence-electron chi connectivity index (χ0n) is 18.2. The Morgan fingerprint density at radius 2 is 1.88 bits per heavy atom. The Morgan fingerprint density at radius 1 is 1.18 bits per heavy atom. The quantitative estimate of drug-likeness (QED) is 0.510. The number of benzene rings is 1. The Kier molecular flexibility index (Phi) is 7.35. The van der Waals surface area contributed by atoms with Crippen molar-refractivity contribution in [3.63, 3.8) is 0 Å². The Morgan fingerprint density at radius 3 is 2.38 bits per heavy atom. The number of halogens is 3. The van der Waals surface area contributed by atoms with Crippen LogP contribution < -0.4 is 15.8 Å². The molecule has 1 aliphatic rings. The van der Waals surface area contributed by atoms with Gasteiger partial charge in [0.1, 0.15) is 5.75 Å². The van der Waals surface area contributed by atoms with Crippen molar-refractivity contribution in [2.75, 3.05) is 19.0 Å². The minimum Gasteiger partial charge on any atom is -0.495 e. The van der Waals surface area contributed by atoms with Crippen LogP contribution in [0, 0.1) is 0 Å². The van der Waals surface area contributed by atoms with E-state index in [0.717, 1.165) is 29.4 Å². The van der Waals surface area contributed by atoms with Gasteiger partial charge in [-0.15, -0.1) is 0 Å². The predicted octanol–water partition coefficient (Wildman–Crippen LogP) is 3.90. The van der Waals surface area contributed by atoms with Crippen LogP contribution in [0.1, 0.15) is 35.3 Å². The summed E-state index contributed by atoms with van der Waals surface area (Å²) in [5.41, 5.74) is 8.79. The normalized spacial score (nSPS) is 14.4. The Labute approximate surface area is 193 Å². The monoisotopic (exact) mass is 476 g/mol. The van der Waals surface area contributed by atoms with Gasteiger partial charge in [-0.1, -0.05) is 6.42 Å². The second-order valence-electron chi connectivity index (χ2n) is 7.74. The largest absolute Gasteiger partial charge is 0.495 e. The summed E-state index contributed by atoms with van der Waals surface area (Å²) in [5.74, 6) is -2.41. The molecule has 180 valence electrons. The van der Waals surface area contributed by atoms with Crippen LogP contribution in [0.15, 0.2) is 48.8 Å². The molecule has 1 aromatic carbocycles. The van der Waals surface area contributed by atoms with Gasteiger partial charge in [0, 0.05) is 35.4 Å². The van der Waals surface area contributed by atoms with E-state index in [1.165, 1.54) is 6.42 Å². The molecule has 0 saturated heterocycles. The van der Waals surface area contributed by atoms with Gasteiger partial charge in [0.15, 0.2) is 0 Å². The number of methoxy groups -OCH3 is 1. The van der Waals surface area contributed by atoms with E-state index in [-0.39, 0.29) is 11.3 Å². The van der Waals surface area contributed by atoms with Crippen molar-refractivity contribution in [2.24, 2.45) is 5.73 Å². The van der Waals surface area contributed by atoms with E-state index in [9.17, 15) is 18.0 Å². The molecule has 2 heterocycles. The summed E-state index contributed by atoms with van der Waals surface area (Å²) in [5, 5.41) is 10.9. The van der Waals surface area contributed by atoms with E-state index in [0.29, 0.717) is 23.5 Å². The zero-order chi connectivity index (χ0) is 24.9. The average Bonchev–Trinajstić information content (AvgIpc) is 2.79. The summed E-state index contributed by atoms with van der Waals surface area (Å²) < 4.78 is 37.2. The van der Waals surface area contributed by atoms with E-state index in [2.05, 4.69) is 15.3 Å². The molecule has 11 heteroatoms. The van der Waals surface area contributed by atoms with Crippen molar-refractivity contribution >= 4 is 28.5 Å². The zero-order valence-corrected chi connectivity index (χ0v) is 18.2. The lowest BCUT2D eigenvalue weighted by Crippen LogP contribution is -2.42. The van der Waals surface area contributed by atoms with Crippen LogP contribution in [-0.2, 0) is 10.2 Å². The second kappa shape index (κ2) is 10.0. The fourth-order valence-electron chi connectivity index (χ4n) is 3.63. The number of nitrogens with zero attached hydrogens (tertiary/aromatic N) is 2. The number of aromatic nitrogens is 2. The maximum atomic E-state index is 12.8. The Hall–Kier alpha value is -3.73. The predicted molar refractivity (Wildman–Crippen MR) is 119 cm³/mol. The number of aliphatic carboxylic acids is 1. The fraction of sp³-hybridized carbons (Fsp3) is 0.304. The van der Waals surface area contributed by atoms with E-state index in [1.807, 2.05) is 30.3 Å². The summed E-state index contributed by atoms with van der Waals surface area (Å²) in [6.07, 6.45) is 1.55. The van der Waals surface area contributed by atoms with Gasteiger partial charge in [-0.25, -0.2) is 4.79 Å². The minimum atomic E-state index is -5.08. The van der Waals surface area contributed by atoms with Crippen LogP contribution in [0.2, 0.25) is 0 Å². The number of carbonyl (C=O) groups is 2. The van der Waals surface area contributed by atoms with Gasteiger partial charge in [-0.2, -0.15) is 13.2 Å². The molecule has 8 nitrogen and oxygen atoms in total. The highest BCUT2D eigenvalue weighted by Crippen LogP contribution is 2.41. The third kappa shape index (κ3) is 5.25. The number of amides is 1. The van der Waals surface area contributed by atoms with Gasteiger partial charge >= 0.3 is 12.1 Å². The Bertz CT molecular complexity index is 1170. The van der Waals surface area contributed by atoms with Crippen molar-refractivity contribution in [2.45, 2.75) is 30.9 Å². The lowest BCUT2D eigenvalue weighted by Gasteiger charge is -2.40. The van der Waals surface area contributed by atoms with Gasteiger partial charge in [0.25, 0.3) is 5.91 Å². The highest BCUT2D eigenvalue weighted by molar-refractivity contribution is 6.10. The van der Waals surface area contributed by atoms with E-state index < -0.39 is 12.1 Å². The van der Waals surface area contributed by atoms with Crippen molar-refractivity contribution < 1.29 is 32.6 Å². The molecule has 0 radical (unpaired) electrons. The highest BCUT2D eigenvalue weighted by atomic mass is 19.4. The number of carboxylic acids is 1. The lowest BCUT2D eigenvalue weighted by atomic mass is 9.66. The van der Waals surface area contributed by atoms with Gasteiger partial charge in [-0.3, -0.25) is 14.8 Å². The van der Waals surface area contributed by atoms with Crippen molar-refractivity contribution in [3.8, 4) is 5.75 Å². The van der Waals surface area contributed by atoms with Crippen molar-refractivity contribution in [1.82, 2.24) is 9.97 Å². The number of hydrogen-bond acceptors (Lipinski definition) is 6. The number of carboxylic acid groups (broad SMARTS) is 1. The van der Waals surface area contributed by atoms with Crippen LogP contribution >= 0.6 is 0 Å². The number of anilines is 1. The third-order valence-electron chi connectivity index (χ3n) is 5.72. The smallest absolute Gasteiger partial charge is 0.490 e. The van der Waals surface area contributed by atoms with Crippen LogP contribution in [0.25, 0.3) is 10.9 Å². The molecule has 0 aliphatic heterocycles. The highest BCUT2D eigenvalue weighted by Gasteiger charge is 2.39. The minimum absolute atomic E-state index is 0.0144. The van der Waals surface area contributed by atoms with Gasteiger partial charge < -0.3 is 20.9 Å². The molecule has 0 spiro atoms. The first kappa shape index (κ1) is 24.9. The number of rotatable bonds is 5. The molecule has 0 atom stereocenters. The van der Waals surface area contributed by atoms with E-state index in [4.69, 9.17) is 20.4 Å². The van der Waals surface area contributed by atoms with Gasteiger partial charge in [0.05, 0.1) is 23.9 Å². The number of fused-ring (bicyclic) bond motifs is 1. The molecule has 0 bridgehead atoms. The molecule has 3 aromatic rings. The molecule has 34 heavy (non-hydrogen) atoms. The standard InChI is InChI=1S/C21H22N4O2.C2HF3O2/c1-27-17-7-6-16-15(4-2-11-23-16)19(17)25-20(26)14-5-8-18(24-12-14)21(13-22)9-3-10-21;3-2(4,5)1(6)7/h2,4-8,11-12H,3,9-10,13,22H2,1H3,(H,25,26);(H,6,7). The number of alkyl halides is 3. The third-order valence-corrected chi connectivity index (χ3v) is 5.72. The number of nitrogens with two attached hydrogens (primary N) is 1. The first-order chi connectivity index (χ1) is 16.1. The summed E-state index contributed by atoms with van der Waals surface area (Å²) in [6, 6.07) is 11.1. The SMILES string of the molecule is COc1ccc2ncccc2c1NC(=O)c1ccc(C2(CN)CCC2)nc1.O=C(O)C(F)(F)F. The van der Waals surface area contributed by atoms with Gasteiger partial charge in [-0.05, 0) is 49.2 Å². The molecule has 4 N–H and O–H groups in total. The van der Waals surface area contributed by atoms with Crippen LogP contribution in [0.5, 0.6) is 5.75 Å². The number of ether oxygens (including phenoxy) is 1. The molecule has 4 rings (SSSR count). The molecule has 1 saturated carbocycles. The van der Waals surface area contributed by atoms with Crippen LogP contribution in [0.3, 0.4) is 0 Å². The number of hydrogen-bond donors (Lipinski definition) is 3. The topological polar surface area (TPSA) is 127 Å². The summed E-state index contributed by atoms with van der Waals surface area (Å²) in [6.45, 7) is 0.589. The van der Waals surface area contributed by atoms with E-state index in [1.54, 1.807) is 25.6 Å². The van der Waals surface area contributed by atoms with E-state index >= 15 is 0 Å².